The highest BCUT2D eigenvalue weighted by atomic mass is 16.5. The van der Waals surface area contributed by atoms with Gasteiger partial charge in [0.2, 0.25) is 5.88 Å². The van der Waals surface area contributed by atoms with E-state index in [0.29, 0.717) is 31.6 Å². The molecule has 31 heavy (non-hydrogen) atoms. The number of aliphatic hydroxyl groups excluding tert-OH is 1. The van der Waals surface area contributed by atoms with Crippen LogP contribution >= 0.6 is 0 Å². The summed E-state index contributed by atoms with van der Waals surface area (Å²) in [7, 11) is 1.71. The number of benzene rings is 1. The van der Waals surface area contributed by atoms with E-state index in [-0.39, 0.29) is 12.7 Å². The summed E-state index contributed by atoms with van der Waals surface area (Å²) < 4.78 is 16.9. The Kier molecular flexibility index (Phi) is 7.06. The maximum atomic E-state index is 9.36. The van der Waals surface area contributed by atoms with Gasteiger partial charge in [-0.25, -0.2) is 15.0 Å². The first-order valence-electron chi connectivity index (χ1n) is 10.8. The third-order valence-electron chi connectivity index (χ3n) is 5.51. The van der Waals surface area contributed by atoms with E-state index in [1.54, 1.807) is 7.11 Å². The van der Waals surface area contributed by atoms with Gasteiger partial charge in [0.05, 0.1) is 30.7 Å². The van der Waals surface area contributed by atoms with E-state index in [2.05, 4.69) is 16.9 Å². The van der Waals surface area contributed by atoms with Crippen molar-refractivity contribution in [2.24, 2.45) is 5.92 Å². The molecule has 1 aromatic carbocycles. The molecule has 7 heteroatoms. The molecular weight excluding hydrogens is 394 g/mol. The van der Waals surface area contributed by atoms with Crippen molar-refractivity contribution in [3.63, 3.8) is 0 Å². The first-order valence-corrected chi connectivity index (χ1v) is 10.8. The van der Waals surface area contributed by atoms with E-state index < -0.39 is 0 Å². The van der Waals surface area contributed by atoms with Crippen LogP contribution in [0, 0.1) is 5.92 Å². The zero-order valence-electron chi connectivity index (χ0n) is 18.1. The summed E-state index contributed by atoms with van der Waals surface area (Å²) in [6.45, 7) is 4.20. The van der Waals surface area contributed by atoms with Crippen molar-refractivity contribution in [1.82, 2.24) is 15.0 Å². The first kappa shape index (κ1) is 21.6. The van der Waals surface area contributed by atoms with Gasteiger partial charge in [-0.05, 0) is 17.0 Å². The smallest absolute Gasteiger partial charge is 0.224 e. The summed E-state index contributed by atoms with van der Waals surface area (Å²) in [5, 5.41) is 10.2. The molecule has 0 aliphatic carbocycles. The average Bonchev–Trinajstić information content (AvgIpc) is 2.80. The van der Waals surface area contributed by atoms with Gasteiger partial charge in [0.25, 0.3) is 0 Å². The number of hydrogen-bond acceptors (Lipinski definition) is 7. The van der Waals surface area contributed by atoms with Crippen LogP contribution in [0.5, 0.6) is 5.88 Å². The predicted molar refractivity (Wildman–Crippen MR) is 118 cm³/mol. The second-order valence-corrected chi connectivity index (χ2v) is 8.07. The third kappa shape index (κ3) is 5.18. The minimum absolute atomic E-state index is 0.0147. The van der Waals surface area contributed by atoms with Crippen LogP contribution in [0.4, 0.5) is 0 Å². The van der Waals surface area contributed by atoms with Crippen LogP contribution in [0.1, 0.15) is 31.2 Å². The van der Waals surface area contributed by atoms with E-state index in [0.717, 1.165) is 52.7 Å². The Balaban J connectivity index is 1.74. The van der Waals surface area contributed by atoms with Gasteiger partial charge in [-0.1, -0.05) is 31.2 Å². The van der Waals surface area contributed by atoms with Crippen LogP contribution in [-0.4, -0.2) is 53.1 Å². The molecule has 1 saturated heterocycles. The molecule has 1 fully saturated rings. The number of aliphatic hydroxyl groups is 1. The molecule has 1 aliphatic heterocycles. The number of ether oxygens (including phenoxy) is 3. The molecule has 1 atom stereocenters. The standard InChI is InChI=1S/C24H29N3O4/c1-16(15-29-2)11-22-25-13-21-23(27-22)20(18-5-3-17(14-28)4-6-18)12-26-24(21)31-19-7-9-30-10-8-19/h3-6,12-13,16,19,28H,7-11,14-15H2,1-2H3/t16-/m1/s1. The van der Waals surface area contributed by atoms with Crippen molar-refractivity contribution in [2.45, 2.75) is 38.9 Å². The first-order chi connectivity index (χ1) is 15.2. The maximum absolute atomic E-state index is 9.36. The van der Waals surface area contributed by atoms with Crippen molar-refractivity contribution in [3.8, 4) is 17.0 Å². The second kappa shape index (κ2) is 10.1. The molecular formula is C24H29N3O4. The fourth-order valence-corrected chi connectivity index (χ4v) is 3.83. The number of aromatic nitrogens is 3. The van der Waals surface area contributed by atoms with Gasteiger partial charge in [-0.3, -0.25) is 0 Å². The molecule has 0 amide bonds. The zero-order valence-corrected chi connectivity index (χ0v) is 18.1. The van der Waals surface area contributed by atoms with E-state index in [1.807, 2.05) is 36.7 Å². The zero-order chi connectivity index (χ0) is 21.6. The minimum Gasteiger partial charge on any atom is -0.474 e. The Bertz CT molecular complexity index is 1000. The topological polar surface area (TPSA) is 86.6 Å². The summed E-state index contributed by atoms with van der Waals surface area (Å²) in [6.07, 6.45) is 6.15. The van der Waals surface area contributed by atoms with Crippen molar-refractivity contribution < 1.29 is 19.3 Å². The lowest BCUT2D eigenvalue weighted by Gasteiger charge is -2.23. The van der Waals surface area contributed by atoms with Crippen LogP contribution in [0.15, 0.2) is 36.7 Å². The number of methoxy groups -OCH3 is 1. The molecule has 7 nitrogen and oxygen atoms in total. The molecule has 0 radical (unpaired) electrons. The fourth-order valence-electron chi connectivity index (χ4n) is 3.83. The van der Waals surface area contributed by atoms with Gasteiger partial charge in [-0.15, -0.1) is 0 Å². The van der Waals surface area contributed by atoms with Crippen molar-refractivity contribution >= 4 is 10.9 Å². The number of pyridine rings is 1. The summed E-state index contributed by atoms with van der Waals surface area (Å²) in [4.78, 5) is 14.1. The van der Waals surface area contributed by atoms with E-state index in [4.69, 9.17) is 19.2 Å². The second-order valence-electron chi connectivity index (χ2n) is 8.07. The van der Waals surface area contributed by atoms with Gasteiger partial charge >= 0.3 is 0 Å². The summed E-state index contributed by atoms with van der Waals surface area (Å²) in [5.41, 5.74) is 3.59. The quantitative estimate of drug-likeness (QED) is 0.593. The predicted octanol–water partition coefficient (Wildman–Crippen LogP) is 3.57. The van der Waals surface area contributed by atoms with Gasteiger partial charge < -0.3 is 19.3 Å². The number of rotatable bonds is 8. The van der Waals surface area contributed by atoms with Gasteiger partial charge in [-0.2, -0.15) is 0 Å². The molecule has 2 aromatic heterocycles. The Hall–Kier alpha value is -2.61. The minimum atomic E-state index is 0.0147. The van der Waals surface area contributed by atoms with E-state index in [9.17, 15) is 5.11 Å². The number of nitrogens with zero attached hydrogens (tertiary/aromatic N) is 3. The highest BCUT2D eigenvalue weighted by Crippen LogP contribution is 2.32. The van der Waals surface area contributed by atoms with Crippen LogP contribution < -0.4 is 4.74 Å². The van der Waals surface area contributed by atoms with Crippen molar-refractivity contribution in [2.75, 3.05) is 26.9 Å². The normalized spacial score (nSPS) is 15.8. The molecule has 0 bridgehead atoms. The Morgan fingerprint density at radius 2 is 1.90 bits per heavy atom. The summed E-state index contributed by atoms with van der Waals surface area (Å²) in [6, 6.07) is 7.79. The lowest BCUT2D eigenvalue weighted by Crippen LogP contribution is -2.26. The highest BCUT2D eigenvalue weighted by Gasteiger charge is 2.20. The van der Waals surface area contributed by atoms with Gasteiger partial charge in [0.15, 0.2) is 0 Å². The van der Waals surface area contributed by atoms with Crippen LogP contribution in [0.3, 0.4) is 0 Å². The number of hydrogen-bond donors (Lipinski definition) is 1. The Morgan fingerprint density at radius 3 is 2.61 bits per heavy atom. The molecule has 0 saturated carbocycles. The SMILES string of the molecule is COC[C@H](C)Cc1ncc2c(OC3CCOCC3)ncc(-c3ccc(CO)cc3)c2n1. The van der Waals surface area contributed by atoms with E-state index >= 15 is 0 Å². The molecule has 1 aliphatic rings. The molecule has 4 rings (SSSR count). The Morgan fingerprint density at radius 1 is 1.13 bits per heavy atom. The van der Waals surface area contributed by atoms with Crippen LogP contribution in [0.2, 0.25) is 0 Å². The number of fused-ring (bicyclic) bond motifs is 1. The summed E-state index contributed by atoms with van der Waals surface area (Å²) >= 11 is 0. The lowest BCUT2D eigenvalue weighted by molar-refractivity contribution is 0.0244. The van der Waals surface area contributed by atoms with E-state index in [1.165, 1.54) is 0 Å². The molecule has 3 aromatic rings. The lowest BCUT2D eigenvalue weighted by atomic mass is 10.0. The largest absolute Gasteiger partial charge is 0.474 e. The fraction of sp³-hybridized carbons (Fsp3) is 0.458. The molecule has 0 unspecified atom stereocenters. The maximum Gasteiger partial charge on any atom is 0.224 e. The molecule has 3 heterocycles. The third-order valence-corrected chi connectivity index (χ3v) is 5.51. The van der Waals surface area contributed by atoms with Crippen LogP contribution in [0.25, 0.3) is 22.0 Å². The highest BCUT2D eigenvalue weighted by molar-refractivity contribution is 5.95. The Labute approximate surface area is 182 Å². The van der Waals surface area contributed by atoms with Gasteiger partial charge in [0.1, 0.15) is 11.9 Å². The van der Waals surface area contributed by atoms with Crippen molar-refractivity contribution in [1.29, 1.82) is 0 Å². The summed E-state index contributed by atoms with van der Waals surface area (Å²) in [5.74, 6) is 1.65. The monoisotopic (exact) mass is 423 g/mol. The van der Waals surface area contributed by atoms with Crippen LogP contribution in [-0.2, 0) is 22.5 Å². The molecule has 1 N–H and O–H groups in total. The van der Waals surface area contributed by atoms with Gasteiger partial charge in [0, 0.05) is 50.9 Å². The molecule has 0 spiro atoms. The average molecular weight is 424 g/mol. The molecule has 164 valence electrons. The van der Waals surface area contributed by atoms with Crippen molar-refractivity contribution in [3.05, 3.63) is 48.0 Å².